The third-order valence-corrected chi connectivity index (χ3v) is 5.09. The van der Waals surface area contributed by atoms with Crippen LogP contribution in [0.1, 0.15) is 0 Å². The predicted molar refractivity (Wildman–Crippen MR) is 93.4 cm³/mol. The molecule has 29 heavy (non-hydrogen) atoms. The van der Waals surface area contributed by atoms with Crippen molar-refractivity contribution in [2.24, 2.45) is 0 Å². The second kappa shape index (κ2) is 6.50. The number of phenolic OH excluding ortho intramolecular Hbond substituents is 1. The number of amides is 2. The monoisotopic (exact) mass is 409 g/mol. The van der Waals surface area contributed by atoms with Gasteiger partial charge in [-0.1, -0.05) is 6.07 Å². The van der Waals surface area contributed by atoms with Crippen LogP contribution in [0.4, 0.5) is 29.5 Å². The Morgan fingerprint density at radius 1 is 1.28 bits per heavy atom. The lowest BCUT2D eigenvalue weighted by Crippen LogP contribution is -2.73. The van der Waals surface area contributed by atoms with E-state index in [2.05, 4.69) is 15.5 Å². The van der Waals surface area contributed by atoms with Gasteiger partial charge in [-0.05, 0) is 18.2 Å². The number of para-hydroxylation sites is 1. The fraction of sp³-hybridized carbons (Fsp3) is 0.294. The minimum absolute atomic E-state index is 0.000675. The number of halogens is 3. The predicted octanol–water partition coefficient (Wildman–Crippen LogP) is 1.74. The minimum Gasteiger partial charge on any atom is -0.504 e. The SMILES string of the molecule is O=C(O)N1CCN2c3cc(-c4cccc(F)c4O)nnc3NC(=O)[C@]2(C(F)F)C1. The summed E-state index contributed by atoms with van der Waals surface area (Å²) in [6.07, 6.45) is -4.63. The van der Waals surface area contributed by atoms with E-state index in [9.17, 15) is 33.0 Å². The number of carbonyl (C=O) groups is 2. The molecule has 1 aromatic heterocycles. The summed E-state index contributed by atoms with van der Waals surface area (Å²) in [7, 11) is 0. The maximum absolute atomic E-state index is 14.1. The summed E-state index contributed by atoms with van der Waals surface area (Å²) in [6.45, 7) is -1.05. The van der Waals surface area contributed by atoms with Gasteiger partial charge >= 0.3 is 6.09 Å². The normalized spacial score (nSPS) is 20.9. The Hall–Kier alpha value is -3.57. The van der Waals surface area contributed by atoms with Gasteiger partial charge in [0.05, 0.1) is 17.9 Å². The molecule has 0 unspecified atom stereocenters. The number of nitrogens with zero attached hydrogens (tertiary/aromatic N) is 4. The molecule has 3 N–H and O–H groups in total. The Balaban J connectivity index is 1.84. The van der Waals surface area contributed by atoms with Crippen molar-refractivity contribution in [1.82, 2.24) is 15.1 Å². The Labute approximate surface area is 161 Å². The van der Waals surface area contributed by atoms with Crippen molar-refractivity contribution in [2.45, 2.75) is 12.0 Å². The van der Waals surface area contributed by atoms with Gasteiger partial charge in [-0.15, -0.1) is 10.2 Å². The van der Waals surface area contributed by atoms with Gasteiger partial charge in [0.2, 0.25) is 0 Å². The molecular weight excluding hydrogens is 395 g/mol. The summed E-state index contributed by atoms with van der Waals surface area (Å²) < 4.78 is 41.9. The maximum atomic E-state index is 14.1. The van der Waals surface area contributed by atoms with E-state index < -0.39 is 42.1 Å². The molecule has 1 aromatic carbocycles. The number of rotatable bonds is 2. The molecular formula is C17H14F3N5O4. The molecule has 2 aliphatic heterocycles. The number of alkyl halides is 2. The molecule has 12 heteroatoms. The van der Waals surface area contributed by atoms with Gasteiger partial charge in [-0.2, -0.15) is 0 Å². The van der Waals surface area contributed by atoms with Gasteiger partial charge < -0.3 is 25.3 Å². The maximum Gasteiger partial charge on any atom is 0.407 e. The average molecular weight is 409 g/mol. The van der Waals surface area contributed by atoms with Crippen molar-refractivity contribution in [2.75, 3.05) is 29.9 Å². The first-order chi connectivity index (χ1) is 13.8. The largest absolute Gasteiger partial charge is 0.504 e. The third kappa shape index (κ3) is 2.70. The van der Waals surface area contributed by atoms with Crippen LogP contribution in [0, 0.1) is 5.82 Å². The molecule has 0 bridgehead atoms. The van der Waals surface area contributed by atoms with Crippen molar-refractivity contribution in [3.63, 3.8) is 0 Å². The first-order valence-corrected chi connectivity index (χ1v) is 8.46. The van der Waals surface area contributed by atoms with Crippen LogP contribution >= 0.6 is 0 Å². The summed E-state index contributed by atoms with van der Waals surface area (Å²) in [5.74, 6) is -2.76. The highest BCUT2D eigenvalue weighted by molar-refractivity contribution is 6.07. The van der Waals surface area contributed by atoms with Gasteiger partial charge in [0.1, 0.15) is 0 Å². The van der Waals surface area contributed by atoms with Crippen LogP contribution in [0.3, 0.4) is 0 Å². The van der Waals surface area contributed by atoms with Crippen LogP contribution in [0.25, 0.3) is 11.3 Å². The van der Waals surface area contributed by atoms with Crippen molar-refractivity contribution >= 4 is 23.5 Å². The first-order valence-electron chi connectivity index (χ1n) is 8.46. The second-order valence-corrected chi connectivity index (χ2v) is 6.63. The number of phenols is 1. The number of benzene rings is 1. The topological polar surface area (TPSA) is 119 Å². The van der Waals surface area contributed by atoms with Gasteiger partial charge in [0.25, 0.3) is 12.3 Å². The second-order valence-electron chi connectivity index (χ2n) is 6.63. The first kappa shape index (κ1) is 18.8. The van der Waals surface area contributed by atoms with E-state index in [4.69, 9.17) is 0 Å². The van der Waals surface area contributed by atoms with E-state index >= 15 is 0 Å². The fourth-order valence-electron chi connectivity index (χ4n) is 3.60. The van der Waals surface area contributed by atoms with Crippen LogP contribution in [0.5, 0.6) is 5.75 Å². The minimum atomic E-state index is -3.21. The summed E-state index contributed by atoms with van der Waals surface area (Å²) in [6, 6.07) is 5.04. The molecule has 1 saturated heterocycles. The van der Waals surface area contributed by atoms with Gasteiger partial charge in [-0.25, -0.2) is 18.0 Å². The molecule has 0 aliphatic carbocycles. The molecule has 2 aromatic rings. The molecule has 152 valence electrons. The molecule has 0 saturated carbocycles. The molecule has 3 heterocycles. The molecule has 1 atom stereocenters. The van der Waals surface area contributed by atoms with Crippen molar-refractivity contribution in [3.8, 4) is 17.0 Å². The lowest BCUT2D eigenvalue weighted by atomic mass is 9.90. The molecule has 4 rings (SSSR count). The van der Waals surface area contributed by atoms with E-state index in [-0.39, 0.29) is 35.9 Å². The number of hydrogen-bond acceptors (Lipinski definition) is 6. The van der Waals surface area contributed by atoms with Crippen LogP contribution in [0.2, 0.25) is 0 Å². The zero-order valence-corrected chi connectivity index (χ0v) is 14.6. The Kier molecular flexibility index (Phi) is 4.21. The van der Waals surface area contributed by atoms with E-state index in [0.29, 0.717) is 0 Å². The van der Waals surface area contributed by atoms with Crippen molar-refractivity contribution in [1.29, 1.82) is 0 Å². The molecule has 0 spiro atoms. The van der Waals surface area contributed by atoms with Gasteiger partial charge in [0, 0.05) is 18.7 Å². The Morgan fingerprint density at radius 2 is 2.03 bits per heavy atom. The summed E-state index contributed by atoms with van der Waals surface area (Å²) in [5, 5.41) is 29.1. The van der Waals surface area contributed by atoms with Gasteiger partial charge in [-0.3, -0.25) is 4.79 Å². The standard InChI is InChI=1S/C17H14F3N5O4/c18-9-3-1-2-8(12(9)26)10-6-11-13(23-22-10)21-15(27)17(14(19)20)7-24(16(28)29)4-5-25(11)17/h1-3,6,14,26H,4-5,7H2,(H,28,29)(H,21,23,27)/t17-/m1/s1. The van der Waals surface area contributed by atoms with Crippen LogP contribution in [0.15, 0.2) is 24.3 Å². The lowest BCUT2D eigenvalue weighted by Gasteiger charge is -2.51. The molecule has 0 radical (unpaired) electrons. The Morgan fingerprint density at radius 3 is 2.72 bits per heavy atom. The molecule has 1 fully saturated rings. The number of fused-ring (bicyclic) bond motifs is 3. The zero-order chi connectivity index (χ0) is 20.9. The van der Waals surface area contributed by atoms with Crippen molar-refractivity contribution in [3.05, 3.63) is 30.1 Å². The summed E-state index contributed by atoms with van der Waals surface area (Å²) in [4.78, 5) is 25.7. The fourth-order valence-corrected chi connectivity index (χ4v) is 3.60. The summed E-state index contributed by atoms with van der Waals surface area (Å²) >= 11 is 0. The number of nitrogens with one attached hydrogen (secondary N) is 1. The lowest BCUT2D eigenvalue weighted by molar-refractivity contribution is -0.129. The molecule has 2 aliphatic rings. The quantitative estimate of drug-likeness (QED) is 0.691. The van der Waals surface area contributed by atoms with E-state index in [0.717, 1.165) is 15.9 Å². The Bertz CT molecular complexity index is 1020. The number of carbonyl (C=O) groups excluding carboxylic acids is 1. The highest BCUT2D eigenvalue weighted by Gasteiger charge is 2.59. The number of hydrogen-bond donors (Lipinski definition) is 3. The van der Waals surface area contributed by atoms with E-state index in [1.54, 1.807) is 0 Å². The van der Waals surface area contributed by atoms with Crippen molar-refractivity contribution < 1.29 is 33.0 Å². The van der Waals surface area contributed by atoms with E-state index in [1.165, 1.54) is 18.2 Å². The number of carboxylic acid groups (broad SMARTS) is 1. The van der Waals surface area contributed by atoms with Gasteiger partial charge in [0.15, 0.2) is 22.9 Å². The van der Waals surface area contributed by atoms with E-state index in [1.807, 2.05) is 0 Å². The number of anilines is 2. The van der Waals surface area contributed by atoms with Crippen LogP contribution < -0.4 is 10.2 Å². The van der Waals surface area contributed by atoms with Crippen LogP contribution in [-0.4, -0.2) is 68.9 Å². The van der Waals surface area contributed by atoms with Crippen LogP contribution in [-0.2, 0) is 4.79 Å². The third-order valence-electron chi connectivity index (χ3n) is 5.09. The molecule has 9 nitrogen and oxygen atoms in total. The average Bonchev–Trinajstić information content (AvgIpc) is 2.69. The smallest absolute Gasteiger partial charge is 0.407 e. The number of piperazine rings is 1. The number of aromatic hydroxyl groups is 1. The zero-order valence-electron chi connectivity index (χ0n) is 14.6. The molecule has 2 amide bonds. The summed E-state index contributed by atoms with van der Waals surface area (Å²) in [5.41, 5.74) is -2.39. The number of aromatic nitrogens is 2. The highest BCUT2D eigenvalue weighted by atomic mass is 19.3. The highest BCUT2D eigenvalue weighted by Crippen LogP contribution is 2.43.